The van der Waals surface area contributed by atoms with Gasteiger partial charge >= 0.3 is 6.03 Å². The second-order valence-corrected chi connectivity index (χ2v) is 5.15. The lowest BCUT2D eigenvalue weighted by atomic mass is 10.0. The van der Waals surface area contributed by atoms with Crippen molar-refractivity contribution in [3.05, 3.63) is 59.4 Å². The van der Waals surface area contributed by atoms with Gasteiger partial charge in [0.15, 0.2) is 0 Å². The minimum absolute atomic E-state index is 0.309. The summed E-state index contributed by atoms with van der Waals surface area (Å²) in [6, 6.07) is 8.46. The van der Waals surface area contributed by atoms with E-state index in [-0.39, 0.29) is 6.03 Å². The van der Waals surface area contributed by atoms with Crippen molar-refractivity contribution in [2.75, 3.05) is 5.32 Å². The quantitative estimate of drug-likeness (QED) is 0.764. The van der Waals surface area contributed by atoms with Crippen molar-refractivity contribution in [3.8, 4) is 0 Å². The van der Waals surface area contributed by atoms with E-state index in [4.69, 9.17) is 5.73 Å². The van der Waals surface area contributed by atoms with Crippen molar-refractivity contribution in [2.24, 2.45) is 5.73 Å². The molecule has 1 aromatic carbocycles. The van der Waals surface area contributed by atoms with Crippen LogP contribution in [0, 0.1) is 0 Å². The van der Waals surface area contributed by atoms with Gasteiger partial charge < -0.3 is 16.4 Å². The van der Waals surface area contributed by atoms with Gasteiger partial charge in [-0.15, -0.1) is 0 Å². The fourth-order valence-electron chi connectivity index (χ4n) is 2.25. The van der Waals surface area contributed by atoms with E-state index in [9.17, 15) is 9.59 Å². The normalized spacial score (nSPS) is 10.1. The molecule has 0 aliphatic heterocycles. The first kappa shape index (κ1) is 16.5. The highest BCUT2D eigenvalue weighted by Crippen LogP contribution is 2.17. The molecule has 1 aromatic heterocycles. The number of carbonyl (C=O) groups is 2. The maximum Gasteiger partial charge on any atom is 0.319 e. The molecule has 2 aromatic rings. The van der Waals surface area contributed by atoms with Gasteiger partial charge in [-0.1, -0.05) is 13.3 Å². The number of aryl methyl sites for hydroxylation is 1. The molecule has 3 amide bonds. The SMILES string of the molecule is CCCc1cc(NC(=O)NCc2ccncc2)ccc1C(N)=O. The predicted molar refractivity (Wildman–Crippen MR) is 89.1 cm³/mol. The second kappa shape index (κ2) is 7.93. The van der Waals surface area contributed by atoms with Crippen LogP contribution in [-0.4, -0.2) is 16.9 Å². The van der Waals surface area contributed by atoms with Crippen LogP contribution in [0.1, 0.15) is 34.8 Å². The molecule has 0 unspecified atom stereocenters. The number of nitrogens with two attached hydrogens (primary N) is 1. The van der Waals surface area contributed by atoms with Crippen LogP contribution in [0.4, 0.5) is 10.5 Å². The first-order valence-electron chi connectivity index (χ1n) is 7.46. The smallest absolute Gasteiger partial charge is 0.319 e. The molecular weight excluding hydrogens is 292 g/mol. The summed E-state index contributed by atoms with van der Waals surface area (Å²) in [5, 5.41) is 5.53. The van der Waals surface area contributed by atoms with Gasteiger partial charge in [0.2, 0.25) is 5.91 Å². The molecule has 0 saturated heterocycles. The molecule has 0 fully saturated rings. The standard InChI is InChI=1S/C17H20N4O2/c1-2-3-13-10-14(4-5-15(13)16(18)22)21-17(23)20-11-12-6-8-19-9-7-12/h4-10H,2-3,11H2,1H3,(H2,18,22)(H2,20,21,23). The molecule has 0 spiro atoms. The molecule has 0 aliphatic rings. The van der Waals surface area contributed by atoms with Crippen LogP contribution in [-0.2, 0) is 13.0 Å². The van der Waals surface area contributed by atoms with Gasteiger partial charge in [-0.3, -0.25) is 9.78 Å². The Kier molecular flexibility index (Phi) is 5.68. The number of benzene rings is 1. The average Bonchev–Trinajstić information content (AvgIpc) is 2.54. The van der Waals surface area contributed by atoms with E-state index in [0.717, 1.165) is 24.0 Å². The summed E-state index contributed by atoms with van der Waals surface area (Å²) in [5.74, 6) is -0.456. The molecule has 6 heteroatoms. The van der Waals surface area contributed by atoms with Crippen molar-refractivity contribution in [3.63, 3.8) is 0 Å². The monoisotopic (exact) mass is 312 g/mol. The summed E-state index contributed by atoms with van der Waals surface area (Å²) in [4.78, 5) is 27.3. The van der Waals surface area contributed by atoms with E-state index in [1.54, 1.807) is 30.6 Å². The number of hydrogen-bond donors (Lipinski definition) is 3. The zero-order valence-electron chi connectivity index (χ0n) is 13.0. The fraction of sp³-hybridized carbons (Fsp3) is 0.235. The summed E-state index contributed by atoms with van der Waals surface area (Å²) >= 11 is 0. The molecule has 2 rings (SSSR count). The highest BCUT2D eigenvalue weighted by atomic mass is 16.2. The Labute approximate surface area is 135 Å². The number of primary amides is 1. The van der Waals surface area contributed by atoms with Gasteiger partial charge in [-0.2, -0.15) is 0 Å². The maximum atomic E-state index is 11.9. The Bertz CT molecular complexity index is 686. The van der Waals surface area contributed by atoms with E-state index in [0.29, 0.717) is 17.8 Å². The summed E-state index contributed by atoms with van der Waals surface area (Å²) in [5.41, 5.74) is 8.29. The van der Waals surface area contributed by atoms with Crippen molar-refractivity contribution in [2.45, 2.75) is 26.3 Å². The summed E-state index contributed by atoms with van der Waals surface area (Å²) in [7, 11) is 0. The van der Waals surface area contributed by atoms with E-state index < -0.39 is 5.91 Å². The molecule has 4 N–H and O–H groups in total. The number of urea groups is 1. The number of nitrogens with one attached hydrogen (secondary N) is 2. The zero-order valence-corrected chi connectivity index (χ0v) is 13.0. The maximum absolute atomic E-state index is 11.9. The van der Waals surface area contributed by atoms with Crippen LogP contribution in [0.15, 0.2) is 42.7 Å². The number of hydrogen-bond acceptors (Lipinski definition) is 3. The predicted octanol–water partition coefficient (Wildman–Crippen LogP) is 2.45. The Morgan fingerprint density at radius 3 is 2.57 bits per heavy atom. The first-order chi connectivity index (χ1) is 11.1. The van der Waals surface area contributed by atoms with E-state index >= 15 is 0 Å². The topological polar surface area (TPSA) is 97.1 Å². The van der Waals surface area contributed by atoms with Gasteiger partial charge in [0.1, 0.15) is 0 Å². The highest BCUT2D eigenvalue weighted by molar-refractivity contribution is 5.96. The van der Waals surface area contributed by atoms with Gasteiger partial charge in [0.25, 0.3) is 0 Å². The number of anilines is 1. The zero-order chi connectivity index (χ0) is 16.7. The van der Waals surface area contributed by atoms with Crippen molar-refractivity contribution in [1.29, 1.82) is 0 Å². The minimum atomic E-state index is -0.456. The van der Waals surface area contributed by atoms with E-state index in [2.05, 4.69) is 15.6 Å². The molecule has 0 saturated carbocycles. The molecule has 0 radical (unpaired) electrons. The lowest BCUT2D eigenvalue weighted by Crippen LogP contribution is -2.28. The summed E-state index contributed by atoms with van der Waals surface area (Å²) in [6.45, 7) is 2.43. The van der Waals surface area contributed by atoms with Crippen molar-refractivity contribution < 1.29 is 9.59 Å². The van der Waals surface area contributed by atoms with Crippen molar-refractivity contribution >= 4 is 17.6 Å². The molecular formula is C17H20N4O2. The van der Waals surface area contributed by atoms with Gasteiger partial charge in [-0.25, -0.2) is 4.79 Å². The Morgan fingerprint density at radius 1 is 1.17 bits per heavy atom. The lowest BCUT2D eigenvalue weighted by molar-refractivity contribution is 0.0999. The Balaban J connectivity index is 2.00. The van der Waals surface area contributed by atoms with Gasteiger partial charge in [0, 0.05) is 30.2 Å². The number of nitrogens with zero attached hydrogens (tertiary/aromatic N) is 1. The van der Waals surface area contributed by atoms with E-state index in [1.807, 2.05) is 19.1 Å². The fourth-order valence-corrected chi connectivity index (χ4v) is 2.25. The van der Waals surface area contributed by atoms with Crippen molar-refractivity contribution in [1.82, 2.24) is 10.3 Å². The van der Waals surface area contributed by atoms with Crippen LogP contribution in [0.5, 0.6) is 0 Å². The third kappa shape index (κ3) is 4.81. The highest BCUT2D eigenvalue weighted by Gasteiger charge is 2.10. The molecule has 23 heavy (non-hydrogen) atoms. The van der Waals surface area contributed by atoms with Crippen LogP contribution in [0.25, 0.3) is 0 Å². The summed E-state index contributed by atoms with van der Waals surface area (Å²) < 4.78 is 0. The third-order valence-corrected chi connectivity index (χ3v) is 3.35. The Hall–Kier alpha value is -2.89. The number of carbonyl (C=O) groups excluding carboxylic acids is 2. The largest absolute Gasteiger partial charge is 0.366 e. The van der Waals surface area contributed by atoms with E-state index in [1.165, 1.54) is 0 Å². The van der Waals surface area contributed by atoms with Crippen LogP contribution in [0.3, 0.4) is 0 Å². The van der Waals surface area contributed by atoms with Gasteiger partial charge in [0.05, 0.1) is 0 Å². The molecule has 6 nitrogen and oxygen atoms in total. The minimum Gasteiger partial charge on any atom is -0.366 e. The molecule has 120 valence electrons. The number of aromatic nitrogens is 1. The molecule has 0 aliphatic carbocycles. The molecule has 1 heterocycles. The Morgan fingerprint density at radius 2 is 1.91 bits per heavy atom. The van der Waals surface area contributed by atoms with Crippen LogP contribution < -0.4 is 16.4 Å². The van der Waals surface area contributed by atoms with Crippen LogP contribution >= 0.6 is 0 Å². The molecule has 0 bridgehead atoms. The molecule has 0 atom stereocenters. The number of pyridine rings is 1. The average molecular weight is 312 g/mol. The van der Waals surface area contributed by atoms with Gasteiger partial charge in [-0.05, 0) is 47.9 Å². The summed E-state index contributed by atoms with van der Waals surface area (Å²) in [6.07, 6.45) is 4.97. The third-order valence-electron chi connectivity index (χ3n) is 3.35. The van der Waals surface area contributed by atoms with Crippen LogP contribution in [0.2, 0.25) is 0 Å². The lowest BCUT2D eigenvalue weighted by Gasteiger charge is -2.11. The number of rotatable bonds is 6. The number of amides is 3. The first-order valence-corrected chi connectivity index (χ1v) is 7.46. The second-order valence-electron chi connectivity index (χ2n) is 5.15.